The van der Waals surface area contributed by atoms with Crippen molar-refractivity contribution in [1.82, 2.24) is 4.90 Å². The van der Waals surface area contributed by atoms with Crippen LogP contribution in [0.1, 0.15) is 17.5 Å². The maximum absolute atomic E-state index is 5.94. The number of rotatable bonds is 6. The van der Waals surface area contributed by atoms with Gasteiger partial charge in [-0.25, -0.2) is 0 Å². The first kappa shape index (κ1) is 16.2. The summed E-state index contributed by atoms with van der Waals surface area (Å²) in [5.41, 5.74) is 2.57. The summed E-state index contributed by atoms with van der Waals surface area (Å²) >= 11 is 0. The van der Waals surface area contributed by atoms with E-state index in [1.54, 1.807) is 0 Å². The SMILES string of the molecule is c1ccc(COCC2CN(Cc3ccccc3)CCCO2)cc1. The molecule has 122 valence electrons. The molecule has 0 amide bonds. The van der Waals surface area contributed by atoms with Crippen molar-refractivity contribution in [2.75, 3.05) is 26.3 Å². The summed E-state index contributed by atoms with van der Waals surface area (Å²) in [6, 6.07) is 20.9. The Kier molecular flexibility index (Phi) is 6.21. The molecule has 1 unspecified atom stereocenters. The Morgan fingerprint density at radius 3 is 2.39 bits per heavy atom. The molecule has 0 aromatic heterocycles. The van der Waals surface area contributed by atoms with Crippen molar-refractivity contribution in [1.29, 1.82) is 0 Å². The van der Waals surface area contributed by atoms with Crippen LogP contribution in [0.4, 0.5) is 0 Å². The molecule has 0 saturated carbocycles. The van der Waals surface area contributed by atoms with Crippen molar-refractivity contribution in [2.45, 2.75) is 25.7 Å². The van der Waals surface area contributed by atoms with Crippen LogP contribution in [0, 0.1) is 0 Å². The Labute approximate surface area is 138 Å². The molecule has 3 nitrogen and oxygen atoms in total. The predicted molar refractivity (Wildman–Crippen MR) is 92.2 cm³/mol. The van der Waals surface area contributed by atoms with Crippen LogP contribution in [-0.4, -0.2) is 37.3 Å². The molecule has 1 aliphatic rings. The smallest absolute Gasteiger partial charge is 0.0935 e. The van der Waals surface area contributed by atoms with E-state index in [2.05, 4.69) is 47.4 Å². The Balaban J connectivity index is 1.47. The van der Waals surface area contributed by atoms with Gasteiger partial charge in [0.15, 0.2) is 0 Å². The average molecular weight is 311 g/mol. The first-order valence-corrected chi connectivity index (χ1v) is 8.40. The molecule has 0 spiro atoms. The molecule has 3 heteroatoms. The highest BCUT2D eigenvalue weighted by Gasteiger charge is 2.19. The maximum Gasteiger partial charge on any atom is 0.0935 e. The fourth-order valence-corrected chi connectivity index (χ4v) is 2.94. The largest absolute Gasteiger partial charge is 0.374 e. The zero-order valence-corrected chi connectivity index (χ0v) is 13.6. The van der Waals surface area contributed by atoms with Crippen LogP contribution in [0.2, 0.25) is 0 Å². The molecule has 1 fully saturated rings. The molecule has 0 bridgehead atoms. The number of hydrogen-bond acceptors (Lipinski definition) is 3. The number of ether oxygens (including phenoxy) is 2. The van der Waals surface area contributed by atoms with Gasteiger partial charge in [-0.2, -0.15) is 0 Å². The summed E-state index contributed by atoms with van der Waals surface area (Å²) in [6.07, 6.45) is 1.24. The van der Waals surface area contributed by atoms with E-state index in [9.17, 15) is 0 Å². The number of hydrogen-bond donors (Lipinski definition) is 0. The minimum Gasteiger partial charge on any atom is -0.374 e. The molecule has 0 aliphatic carbocycles. The summed E-state index contributed by atoms with van der Waals surface area (Å²) in [4.78, 5) is 2.47. The molecule has 3 rings (SSSR count). The molecular weight excluding hydrogens is 286 g/mol. The van der Waals surface area contributed by atoms with Crippen molar-refractivity contribution in [3.63, 3.8) is 0 Å². The monoisotopic (exact) mass is 311 g/mol. The van der Waals surface area contributed by atoms with Crippen LogP contribution in [-0.2, 0) is 22.6 Å². The van der Waals surface area contributed by atoms with Crippen molar-refractivity contribution in [3.05, 3.63) is 71.8 Å². The van der Waals surface area contributed by atoms with Gasteiger partial charge in [0, 0.05) is 26.2 Å². The minimum atomic E-state index is 0.157. The van der Waals surface area contributed by atoms with Crippen LogP contribution >= 0.6 is 0 Å². The standard InChI is InChI=1S/C20H25NO2/c1-3-8-18(9-4-1)14-21-12-7-13-23-20(15-21)17-22-16-19-10-5-2-6-11-19/h1-6,8-11,20H,7,12-17H2. The Morgan fingerprint density at radius 2 is 1.65 bits per heavy atom. The van der Waals surface area contributed by atoms with Gasteiger partial charge < -0.3 is 9.47 Å². The van der Waals surface area contributed by atoms with E-state index >= 15 is 0 Å². The van der Waals surface area contributed by atoms with Crippen molar-refractivity contribution in [3.8, 4) is 0 Å². The van der Waals surface area contributed by atoms with Crippen LogP contribution < -0.4 is 0 Å². The molecule has 0 radical (unpaired) electrons. The summed E-state index contributed by atoms with van der Waals surface area (Å²) in [6.45, 7) is 5.14. The lowest BCUT2D eigenvalue weighted by Crippen LogP contribution is -2.34. The third-order valence-corrected chi connectivity index (χ3v) is 4.10. The van der Waals surface area contributed by atoms with Gasteiger partial charge in [0.1, 0.15) is 0 Å². The summed E-state index contributed by atoms with van der Waals surface area (Å²) in [7, 11) is 0. The lowest BCUT2D eigenvalue weighted by atomic mass is 10.2. The second-order valence-corrected chi connectivity index (χ2v) is 6.07. The second kappa shape index (κ2) is 8.82. The Bertz CT molecular complexity index is 558. The Hall–Kier alpha value is -1.68. The van der Waals surface area contributed by atoms with Crippen LogP contribution in [0.3, 0.4) is 0 Å². The normalized spacial score (nSPS) is 19.4. The molecule has 1 aliphatic heterocycles. The molecular formula is C20H25NO2. The van der Waals surface area contributed by atoms with E-state index in [0.717, 1.165) is 32.7 Å². The first-order chi connectivity index (χ1) is 11.4. The fraction of sp³-hybridized carbons (Fsp3) is 0.400. The molecule has 1 saturated heterocycles. The van der Waals surface area contributed by atoms with Gasteiger partial charge in [-0.1, -0.05) is 60.7 Å². The van der Waals surface area contributed by atoms with Gasteiger partial charge >= 0.3 is 0 Å². The second-order valence-electron chi connectivity index (χ2n) is 6.07. The van der Waals surface area contributed by atoms with E-state index in [0.29, 0.717) is 13.2 Å². The zero-order valence-electron chi connectivity index (χ0n) is 13.6. The predicted octanol–water partition coefficient (Wildman–Crippen LogP) is 3.49. The molecule has 2 aromatic carbocycles. The van der Waals surface area contributed by atoms with E-state index in [1.165, 1.54) is 11.1 Å². The van der Waals surface area contributed by atoms with Gasteiger partial charge in [0.25, 0.3) is 0 Å². The average Bonchev–Trinajstić information content (AvgIpc) is 2.82. The highest BCUT2D eigenvalue weighted by atomic mass is 16.5. The Morgan fingerprint density at radius 1 is 0.957 bits per heavy atom. The van der Waals surface area contributed by atoms with Gasteiger partial charge in [0.05, 0.1) is 19.3 Å². The van der Waals surface area contributed by atoms with Gasteiger partial charge in [-0.3, -0.25) is 4.90 Å². The van der Waals surface area contributed by atoms with Gasteiger partial charge in [-0.05, 0) is 17.5 Å². The first-order valence-electron chi connectivity index (χ1n) is 8.40. The van der Waals surface area contributed by atoms with E-state index in [1.807, 2.05) is 18.2 Å². The fourth-order valence-electron chi connectivity index (χ4n) is 2.94. The van der Waals surface area contributed by atoms with Gasteiger partial charge in [-0.15, -0.1) is 0 Å². The number of nitrogens with zero attached hydrogens (tertiary/aromatic N) is 1. The van der Waals surface area contributed by atoms with Crippen molar-refractivity contribution >= 4 is 0 Å². The molecule has 1 atom stereocenters. The zero-order chi connectivity index (χ0) is 15.7. The lowest BCUT2D eigenvalue weighted by molar-refractivity contribution is -0.0219. The highest BCUT2D eigenvalue weighted by molar-refractivity contribution is 5.14. The van der Waals surface area contributed by atoms with Crippen LogP contribution in [0.5, 0.6) is 0 Å². The molecule has 23 heavy (non-hydrogen) atoms. The van der Waals surface area contributed by atoms with E-state index in [4.69, 9.17) is 9.47 Å². The summed E-state index contributed by atoms with van der Waals surface area (Å²) in [5.74, 6) is 0. The third kappa shape index (κ3) is 5.47. The minimum absolute atomic E-state index is 0.157. The topological polar surface area (TPSA) is 21.7 Å². The lowest BCUT2D eigenvalue weighted by Gasteiger charge is -2.23. The molecule has 1 heterocycles. The quantitative estimate of drug-likeness (QED) is 0.815. The highest BCUT2D eigenvalue weighted by Crippen LogP contribution is 2.12. The van der Waals surface area contributed by atoms with E-state index in [-0.39, 0.29) is 6.10 Å². The van der Waals surface area contributed by atoms with Gasteiger partial charge in [0.2, 0.25) is 0 Å². The molecule has 0 N–H and O–H groups in total. The summed E-state index contributed by atoms with van der Waals surface area (Å²) in [5, 5.41) is 0. The number of benzene rings is 2. The van der Waals surface area contributed by atoms with E-state index < -0.39 is 0 Å². The van der Waals surface area contributed by atoms with Crippen LogP contribution in [0.15, 0.2) is 60.7 Å². The molecule has 2 aromatic rings. The third-order valence-electron chi connectivity index (χ3n) is 4.10. The summed E-state index contributed by atoms with van der Waals surface area (Å²) < 4.78 is 11.8. The van der Waals surface area contributed by atoms with Crippen molar-refractivity contribution in [2.24, 2.45) is 0 Å². The maximum atomic E-state index is 5.94. The van der Waals surface area contributed by atoms with Crippen molar-refractivity contribution < 1.29 is 9.47 Å². The van der Waals surface area contributed by atoms with Crippen LogP contribution in [0.25, 0.3) is 0 Å².